The molecule has 0 unspecified atom stereocenters. The molecule has 0 aliphatic heterocycles. The summed E-state index contributed by atoms with van der Waals surface area (Å²) in [6, 6.07) is 94.4. The summed E-state index contributed by atoms with van der Waals surface area (Å²) in [6.07, 6.45) is 1.81. The van der Waals surface area contributed by atoms with E-state index in [0.717, 1.165) is 134 Å². The van der Waals surface area contributed by atoms with Gasteiger partial charge in [-0.2, -0.15) is 0 Å². The second kappa shape index (κ2) is 19.9. The number of pyridine rings is 2. The molecule has 0 saturated heterocycles. The molecule has 10 aromatic carbocycles. The molecule has 0 bridgehead atoms. The fraction of sp³-hybridized carbons (Fsp3) is 0. The Balaban J connectivity index is 0.749. The van der Waals surface area contributed by atoms with Crippen LogP contribution in [0.25, 0.3) is 146 Å². The van der Waals surface area contributed by atoms with E-state index < -0.39 is 0 Å². The standard InChI is InChI=1S/C72H46N4O2/c1-5-15-51(16-6-1)60-40-42-62(53-19-9-3-10-20-53)69-67(60)75-71(77-69)57-36-28-49(29-37-57)47-24-32-55(33-25-47)59-44-45-65(64-23-13-14-46-73-64)74-66(59)56-34-26-48(27-35-56)50-30-38-58(39-31-50)72-76-68-61(52-17-7-2-8-18-52)41-43-63(70(68)78-72)54-21-11-4-12-22-54/h1-46H. The minimum atomic E-state index is 0.581. The van der Waals surface area contributed by atoms with Crippen molar-refractivity contribution in [3.05, 3.63) is 279 Å². The number of nitrogens with zero attached hydrogens (tertiary/aromatic N) is 4. The van der Waals surface area contributed by atoms with Crippen LogP contribution in [-0.4, -0.2) is 19.9 Å². The maximum Gasteiger partial charge on any atom is 0.227 e. The van der Waals surface area contributed by atoms with Gasteiger partial charge in [0.25, 0.3) is 0 Å². The number of oxazole rings is 2. The van der Waals surface area contributed by atoms with Crippen molar-refractivity contribution in [3.63, 3.8) is 0 Å². The van der Waals surface area contributed by atoms with Gasteiger partial charge < -0.3 is 8.83 Å². The molecule has 0 radical (unpaired) electrons. The summed E-state index contributed by atoms with van der Waals surface area (Å²) in [4.78, 5) is 20.2. The summed E-state index contributed by atoms with van der Waals surface area (Å²) in [5.74, 6) is 1.16. The molecule has 0 amide bonds. The van der Waals surface area contributed by atoms with E-state index in [2.05, 4.69) is 223 Å². The van der Waals surface area contributed by atoms with Crippen LogP contribution < -0.4 is 0 Å². The van der Waals surface area contributed by atoms with E-state index in [-0.39, 0.29) is 0 Å². The Morgan fingerprint density at radius 3 is 0.962 bits per heavy atom. The Labute approximate surface area is 451 Å². The van der Waals surface area contributed by atoms with Crippen LogP contribution in [0.2, 0.25) is 0 Å². The average molecular weight is 999 g/mol. The van der Waals surface area contributed by atoms with Crippen LogP contribution in [0.1, 0.15) is 0 Å². The maximum absolute atomic E-state index is 6.66. The molecular formula is C72H46N4O2. The van der Waals surface area contributed by atoms with E-state index in [1.54, 1.807) is 6.20 Å². The molecule has 0 fully saturated rings. The van der Waals surface area contributed by atoms with E-state index in [4.69, 9.17) is 23.8 Å². The third-order valence-electron chi connectivity index (χ3n) is 14.5. The summed E-state index contributed by atoms with van der Waals surface area (Å²) >= 11 is 0. The smallest absolute Gasteiger partial charge is 0.227 e. The van der Waals surface area contributed by atoms with Crippen molar-refractivity contribution >= 4 is 22.2 Å². The number of hydrogen-bond donors (Lipinski definition) is 0. The lowest BCUT2D eigenvalue weighted by Crippen LogP contribution is -1.94. The van der Waals surface area contributed by atoms with Gasteiger partial charge in [-0.3, -0.25) is 4.98 Å². The van der Waals surface area contributed by atoms with Crippen LogP contribution >= 0.6 is 0 Å². The number of hydrogen-bond acceptors (Lipinski definition) is 6. The molecule has 6 nitrogen and oxygen atoms in total. The van der Waals surface area contributed by atoms with E-state index >= 15 is 0 Å². The highest BCUT2D eigenvalue weighted by Gasteiger charge is 2.21. The highest BCUT2D eigenvalue weighted by atomic mass is 16.4. The maximum atomic E-state index is 6.66. The zero-order valence-electron chi connectivity index (χ0n) is 42.2. The van der Waals surface area contributed by atoms with Crippen LogP contribution in [0.4, 0.5) is 0 Å². The van der Waals surface area contributed by atoms with E-state index in [0.29, 0.717) is 11.8 Å². The summed E-state index contributed by atoms with van der Waals surface area (Å²) in [5, 5.41) is 0. The van der Waals surface area contributed by atoms with Crippen LogP contribution in [0, 0.1) is 0 Å². The predicted molar refractivity (Wildman–Crippen MR) is 317 cm³/mol. The normalized spacial score (nSPS) is 11.3. The van der Waals surface area contributed by atoms with Crippen molar-refractivity contribution in [1.82, 2.24) is 19.9 Å². The Morgan fingerprint density at radius 2 is 0.551 bits per heavy atom. The Hall–Kier alpha value is -10.6. The SMILES string of the molecule is c1ccc(-c2ccc(-c3ccccc3)c3oc(-c4ccc(-c5ccc(-c6ccc(-c7ccccn7)nc6-c6ccc(-c7ccc(-c8nc9c(-c%10ccccc%10)ccc(-c%10ccccc%10)c9o8)cc7)cc6)cc5)cc4)nc23)cc1. The van der Waals surface area contributed by atoms with E-state index in [1.165, 1.54) is 0 Å². The van der Waals surface area contributed by atoms with Gasteiger partial charge in [0.15, 0.2) is 11.2 Å². The van der Waals surface area contributed by atoms with Gasteiger partial charge in [0.2, 0.25) is 11.8 Å². The van der Waals surface area contributed by atoms with Crippen molar-refractivity contribution in [2.75, 3.05) is 0 Å². The van der Waals surface area contributed by atoms with E-state index in [9.17, 15) is 0 Å². The van der Waals surface area contributed by atoms with Crippen LogP contribution in [0.15, 0.2) is 288 Å². The molecule has 366 valence electrons. The van der Waals surface area contributed by atoms with Gasteiger partial charge in [-0.1, -0.05) is 212 Å². The fourth-order valence-electron chi connectivity index (χ4n) is 10.5. The topological polar surface area (TPSA) is 77.8 Å². The molecule has 4 heterocycles. The van der Waals surface area contributed by atoms with Gasteiger partial charge in [-0.05, 0) is 111 Å². The van der Waals surface area contributed by atoms with Gasteiger partial charge in [0.05, 0.1) is 17.1 Å². The Kier molecular flexibility index (Phi) is 11.8. The van der Waals surface area contributed by atoms with Gasteiger partial charge >= 0.3 is 0 Å². The monoisotopic (exact) mass is 998 g/mol. The quantitative estimate of drug-likeness (QED) is 0.128. The lowest BCUT2D eigenvalue weighted by Gasteiger charge is -2.13. The molecule has 78 heavy (non-hydrogen) atoms. The lowest BCUT2D eigenvalue weighted by atomic mass is 9.95. The summed E-state index contributed by atoms with van der Waals surface area (Å²) in [6.45, 7) is 0. The number of benzene rings is 10. The largest absolute Gasteiger partial charge is 0.435 e. The van der Waals surface area contributed by atoms with Crippen molar-refractivity contribution in [3.8, 4) is 123 Å². The van der Waals surface area contributed by atoms with Crippen molar-refractivity contribution < 1.29 is 8.83 Å². The number of fused-ring (bicyclic) bond motifs is 2. The van der Waals surface area contributed by atoms with Crippen LogP contribution in [0.5, 0.6) is 0 Å². The summed E-state index contributed by atoms with van der Waals surface area (Å²) < 4.78 is 13.3. The fourth-order valence-corrected chi connectivity index (χ4v) is 10.5. The Bertz CT molecular complexity index is 4250. The van der Waals surface area contributed by atoms with Crippen molar-refractivity contribution in [2.45, 2.75) is 0 Å². The number of rotatable bonds is 11. The first-order chi connectivity index (χ1) is 38.6. The minimum Gasteiger partial charge on any atom is -0.435 e. The van der Waals surface area contributed by atoms with Gasteiger partial charge in [0, 0.05) is 50.7 Å². The number of aromatic nitrogens is 4. The molecule has 0 N–H and O–H groups in total. The molecule has 0 spiro atoms. The average Bonchev–Trinajstić information content (AvgIpc) is 4.19. The van der Waals surface area contributed by atoms with E-state index in [1.807, 2.05) is 54.6 Å². The van der Waals surface area contributed by atoms with Gasteiger partial charge in [0.1, 0.15) is 11.0 Å². The zero-order chi connectivity index (χ0) is 51.8. The molecule has 14 rings (SSSR count). The third-order valence-corrected chi connectivity index (χ3v) is 14.5. The molecule has 14 aromatic rings. The second-order valence-electron chi connectivity index (χ2n) is 19.3. The molecule has 0 saturated carbocycles. The first kappa shape index (κ1) is 46.0. The van der Waals surface area contributed by atoms with Crippen LogP contribution in [-0.2, 0) is 0 Å². The predicted octanol–water partition coefficient (Wildman–Crippen LogP) is 19.1. The molecule has 0 aliphatic rings. The van der Waals surface area contributed by atoms with Gasteiger partial charge in [-0.15, -0.1) is 0 Å². The van der Waals surface area contributed by atoms with Gasteiger partial charge in [-0.25, -0.2) is 15.0 Å². The molecule has 6 heteroatoms. The van der Waals surface area contributed by atoms with Crippen molar-refractivity contribution in [2.24, 2.45) is 0 Å². The molecule has 0 atom stereocenters. The molecule has 4 aromatic heterocycles. The zero-order valence-corrected chi connectivity index (χ0v) is 42.2. The minimum absolute atomic E-state index is 0.581. The summed E-state index contributed by atoms with van der Waals surface area (Å²) in [7, 11) is 0. The highest BCUT2D eigenvalue weighted by molar-refractivity contribution is 6.02. The second-order valence-corrected chi connectivity index (χ2v) is 19.3. The van der Waals surface area contributed by atoms with Crippen LogP contribution in [0.3, 0.4) is 0 Å². The first-order valence-electron chi connectivity index (χ1n) is 26.1. The first-order valence-corrected chi connectivity index (χ1v) is 26.1. The lowest BCUT2D eigenvalue weighted by molar-refractivity contribution is 0.620. The molecule has 0 aliphatic carbocycles. The molecular weight excluding hydrogens is 953 g/mol. The van der Waals surface area contributed by atoms with Crippen molar-refractivity contribution in [1.29, 1.82) is 0 Å². The third kappa shape index (κ3) is 8.73. The highest BCUT2D eigenvalue weighted by Crippen LogP contribution is 2.42. The summed E-state index contributed by atoms with van der Waals surface area (Å²) in [5.41, 5.74) is 23.5. The Morgan fingerprint density at radius 1 is 0.218 bits per heavy atom.